The van der Waals surface area contributed by atoms with Gasteiger partial charge in [-0.3, -0.25) is 0 Å². The van der Waals surface area contributed by atoms with Crippen molar-refractivity contribution in [3.8, 4) is 17.1 Å². The molecule has 1 aliphatic rings. The highest BCUT2D eigenvalue weighted by Crippen LogP contribution is 2.32. The molecular weight excluding hydrogens is 557 g/mol. The molecule has 2 aromatic rings. The van der Waals surface area contributed by atoms with E-state index in [0.717, 1.165) is 18.2 Å². The molecule has 3 rings (SSSR count). The topological polar surface area (TPSA) is 96.7 Å². The van der Waals surface area contributed by atoms with E-state index >= 15 is 8.78 Å². The number of halogens is 3. The van der Waals surface area contributed by atoms with Crippen molar-refractivity contribution in [3.63, 3.8) is 0 Å². The van der Waals surface area contributed by atoms with Crippen molar-refractivity contribution in [3.05, 3.63) is 41.5 Å². The maximum Gasteiger partial charge on any atom is 0.407 e. The lowest BCUT2D eigenvalue weighted by molar-refractivity contribution is 0.0531. The number of amides is 1. The lowest BCUT2D eigenvalue weighted by atomic mass is 10.00. The Balaban J connectivity index is 1.75. The summed E-state index contributed by atoms with van der Waals surface area (Å²) in [6.07, 6.45) is 0.962. The number of carbonyl (C=O) groups is 1. The van der Waals surface area contributed by atoms with Crippen LogP contribution in [-0.4, -0.2) is 67.5 Å². The summed E-state index contributed by atoms with van der Waals surface area (Å²) in [6.45, 7) is 12.9. The third-order valence-corrected chi connectivity index (χ3v) is 7.87. The first-order chi connectivity index (χ1) is 19.3. The highest BCUT2D eigenvalue weighted by atomic mass is 28.3. The predicted octanol–water partition coefficient (Wildman–Crippen LogP) is 6.19. The van der Waals surface area contributed by atoms with Gasteiger partial charge in [0.2, 0.25) is 0 Å². The molecule has 0 bridgehead atoms. The van der Waals surface area contributed by atoms with Crippen LogP contribution < -0.4 is 10.1 Å². The summed E-state index contributed by atoms with van der Waals surface area (Å²) >= 11 is 0. The maximum atomic E-state index is 15.4. The summed E-state index contributed by atoms with van der Waals surface area (Å²) in [6, 6.07) is 2.95. The second-order valence-electron chi connectivity index (χ2n) is 12.2. The number of rotatable bonds is 12. The summed E-state index contributed by atoms with van der Waals surface area (Å²) in [7, 11) is -1.33. The predicted molar refractivity (Wildman–Crippen MR) is 151 cm³/mol. The number of ether oxygens (including phenoxy) is 4. The van der Waals surface area contributed by atoms with Gasteiger partial charge < -0.3 is 24.3 Å². The maximum absolute atomic E-state index is 15.4. The number of benzene rings is 1. The molecule has 0 saturated carbocycles. The third kappa shape index (κ3) is 10.5. The highest BCUT2D eigenvalue weighted by Gasteiger charge is 2.26. The molecule has 1 fully saturated rings. The van der Waals surface area contributed by atoms with Gasteiger partial charge in [-0.15, -0.1) is 0 Å². The van der Waals surface area contributed by atoms with Gasteiger partial charge in [0.25, 0.3) is 0 Å². The van der Waals surface area contributed by atoms with Crippen LogP contribution in [0.1, 0.15) is 45.4 Å². The summed E-state index contributed by atoms with van der Waals surface area (Å²) in [5.74, 6) is -1.45. The van der Waals surface area contributed by atoms with Gasteiger partial charge in [-0.05, 0) is 39.7 Å². The van der Waals surface area contributed by atoms with Crippen molar-refractivity contribution in [1.82, 2.24) is 20.1 Å². The van der Waals surface area contributed by atoms with E-state index in [1.165, 1.54) is 4.68 Å². The van der Waals surface area contributed by atoms with Crippen LogP contribution in [-0.2, 0) is 20.9 Å². The van der Waals surface area contributed by atoms with Crippen molar-refractivity contribution in [2.24, 2.45) is 0 Å². The SMILES string of the molecule is CC(C)(C)OC(=O)NC/C(=C\F)COc1cc(F)c(-c2nc(C3CCOCC3)nn2COCC[Si](C)(C)C)c(F)c1. The van der Waals surface area contributed by atoms with Gasteiger partial charge in [0.15, 0.2) is 11.6 Å². The molecule has 9 nitrogen and oxygen atoms in total. The zero-order valence-corrected chi connectivity index (χ0v) is 25.7. The van der Waals surface area contributed by atoms with Gasteiger partial charge in [0.05, 0.1) is 11.9 Å². The molecule has 228 valence electrons. The summed E-state index contributed by atoms with van der Waals surface area (Å²) in [4.78, 5) is 16.4. The van der Waals surface area contributed by atoms with Crippen molar-refractivity contribution in [2.75, 3.05) is 33.0 Å². The average molecular weight is 599 g/mol. The Morgan fingerprint density at radius 1 is 1.20 bits per heavy atom. The van der Waals surface area contributed by atoms with E-state index < -0.39 is 31.4 Å². The molecule has 1 amide bonds. The first-order valence-corrected chi connectivity index (χ1v) is 17.4. The van der Waals surface area contributed by atoms with Crippen molar-refractivity contribution in [2.45, 2.75) is 77.5 Å². The number of alkyl carbamates (subject to hydrolysis) is 1. The molecule has 0 spiro atoms. The molecule has 1 N–H and O–H groups in total. The second kappa shape index (κ2) is 14.3. The van der Waals surface area contributed by atoms with Gasteiger partial charge in [-0.25, -0.2) is 27.6 Å². The Morgan fingerprint density at radius 2 is 1.85 bits per heavy atom. The lowest BCUT2D eigenvalue weighted by Crippen LogP contribution is -2.34. The Kier molecular flexibility index (Phi) is 11.4. The highest BCUT2D eigenvalue weighted by molar-refractivity contribution is 6.76. The molecular formula is C28H41F3N4O5Si. The van der Waals surface area contributed by atoms with Crippen LogP contribution in [0.5, 0.6) is 5.75 Å². The van der Waals surface area contributed by atoms with E-state index in [2.05, 4.69) is 35.0 Å². The van der Waals surface area contributed by atoms with E-state index in [1.807, 2.05) is 0 Å². The Hall–Kier alpha value is -2.90. The summed E-state index contributed by atoms with van der Waals surface area (Å²) in [5, 5.41) is 6.97. The molecule has 13 heteroatoms. The lowest BCUT2D eigenvalue weighted by Gasteiger charge is -2.20. The third-order valence-electron chi connectivity index (χ3n) is 6.16. The molecule has 0 aliphatic carbocycles. The van der Waals surface area contributed by atoms with Crippen molar-refractivity contribution >= 4 is 14.2 Å². The van der Waals surface area contributed by atoms with Crippen LogP contribution in [0.4, 0.5) is 18.0 Å². The molecule has 1 aromatic carbocycles. The quantitative estimate of drug-likeness (QED) is 0.230. The van der Waals surface area contributed by atoms with Gasteiger partial charge in [-0.1, -0.05) is 19.6 Å². The van der Waals surface area contributed by atoms with Crippen molar-refractivity contribution < 1.29 is 36.9 Å². The monoisotopic (exact) mass is 598 g/mol. The van der Waals surface area contributed by atoms with Crippen LogP contribution >= 0.6 is 0 Å². The standard InChI is InChI=1S/C28H41F3N4O5Si/c1-28(2,3)40-27(36)32-16-19(15-29)17-39-21-13-22(30)24(23(31)14-21)26-33-25(20-7-9-37-10-8-20)34-35(26)18-38-11-12-41(4,5)6/h13-15,20H,7-12,16-18H2,1-6H3,(H,32,36)/b19-15+. The molecule has 41 heavy (non-hydrogen) atoms. The summed E-state index contributed by atoms with van der Waals surface area (Å²) < 4.78 is 67.3. The largest absolute Gasteiger partial charge is 0.489 e. The fourth-order valence-electron chi connectivity index (χ4n) is 3.94. The smallest absolute Gasteiger partial charge is 0.407 e. The van der Waals surface area contributed by atoms with E-state index in [0.29, 0.717) is 38.5 Å². The molecule has 1 aromatic heterocycles. The number of hydrogen-bond acceptors (Lipinski definition) is 7. The molecule has 0 radical (unpaired) electrons. The van der Waals surface area contributed by atoms with Crippen LogP contribution in [0.2, 0.25) is 25.7 Å². The van der Waals surface area contributed by atoms with E-state index in [1.54, 1.807) is 20.8 Å². The molecule has 1 aliphatic heterocycles. The van der Waals surface area contributed by atoms with Gasteiger partial charge in [-0.2, -0.15) is 5.10 Å². The van der Waals surface area contributed by atoms with E-state index in [9.17, 15) is 9.18 Å². The normalized spacial score (nSPS) is 15.2. The molecule has 0 unspecified atom stereocenters. The van der Waals surface area contributed by atoms with E-state index in [-0.39, 0.29) is 54.8 Å². The first kappa shape index (κ1) is 32.6. The fourth-order valence-corrected chi connectivity index (χ4v) is 4.69. The van der Waals surface area contributed by atoms with Crippen LogP contribution in [0.15, 0.2) is 24.0 Å². The summed E-state index contributed by atoms with van der Waals surface area (Å²) in [5.41, 5.74) is -1.03. The second-order valence-corrected chi connectivity index (χ2v) is 17.8. The first-order valence-electron chi connectivity index (χ1n) is 13.7. The van der Waals surface area contributed by atoms with E-state index in [4.69, 9.17) is 18.9 Å². The molecule has 1 saturated heterocycles. The van der Waals surface area contributed by atoms with Gasteiger partial charge in [0.1, 0.15) is 36.3 Å². The molecule has 2 heterocycles. The minimum Gasteiger partial charge on any atom is -0.489 e. The number of hydrogen-bond donors (Lipinski definition) is 1. The van der Waals surface area contributed by atoms with Crippen molar-refractivity contribution in [1.29, 1.82) is 0 Å². The average Bonchev–Trinajstić information content (AvgIpc) is 3.29. The fraction of sp³-hybridized carbons (Fsp3) is 0.607. The molecule has 0 atom stereocenters. The Labute approximate surface area is 240 Å². The zero-order valence-electron chi connectivity index (χ0n) is 24.7. The number of carbonyl (C=O) groups excluding carboxylic acids is 1. The minimum absolute atomic E-state index is 0.00245. The Bertz CT molecular complexity index is 1180. The van der Waals surface area contributed by atoms with Crippen LogP contribution in [0, 0.1) is 11.6 Å². The number of nitrogens with zero attached hydrogens (tertiary/aromatic N) is 3. The Morgan fingerprint density at radius 3 is 2.44 bits per heavy atom. The van der Waals surface area contributed by atoms with Gasteiger partial charge in [0, 0.05) is 58.1 Å². The van der Waals surface area contributed by atoms with Crippen LogP contribution in [0.3, 0.4) is 0 Å². The van der Waals surface area contributed by atoms with Gasteiger partial charge >= 0.3 is 6.09 Å². The zero-order chi connectivity index (χ0) is 30.2. The number of aromatic nitrogens is 3. The van der Waals surface area contributed by atoms with Crippen LogP contribution in [0.25, 0.3) is 11.4 Å². The minimum atomic E-state index is -1.33. The number of nitrogens with one attached hydrogen (secondary N) is 1.